The molecule has 28 heavy (non-hydrogen) atoms. The van der Waals surface area contributed by atoms with Crippen molar-refractivity contribution in [2.45, 2.75) is 13.5 Å². The fourth-order valence-corrected chi connectivity index (χ4v) is 4.08. The summed E-state index contributed by atoms with van der Waals surface area (Å²) in [5.74, 6) is -0.309. The maximum atomic E-state index is 12.7. The average Bonchev–Trinajstić information content (AvgIpc) is 3.07. The van der Waals surface area contributed by atoms with Gasteiger partial charge in [0.05, 0.1) is 22.3 Å². The average molecular weight is 410 g/mol. The van der Waals surface area contributed by atoms with Crippen molar-refractivity contribution in [1.29, 1.82) is 0 Å². The quantitative estimate of drug-likeness (QED) is 0.530. The molecule has 4 aromatic rings. The van der Waals surface area contributed by atoms with Gasteiger partial charge in [-0.2, -0.15) is 0 Å². The fraction of sp³-hybridized carbons (Fsp3) is 0.0952. The Labute approximate surface area is 170 Å². The summed E-state index contributed by atoms with van der Waals surface area (Å²) in [4.78, 5) is 29.3. The third-order valence-electron chi connectivity index (χ3n) is 4.33. The van der Waals surface area contributed by atoms with E-state index in [1.807, 2.05) is 37.3 Å². The first-order valence-electron chi connectivity index (χ1n) is 8.62. The Morgan fingerprint density at radius 1 is 1.18 bits per heavy atom. The molecule has 5 nitrogen and oxygen atoms in total. The molecule has 0 atom stereocenters. The number of hydrogen-bond donors (Lipinski definition) is 1. The molecule has 0 unspecified atom stereocenters. The number of hydrogen-bond acceptors (Lipinski definition) is 4. The molecule has 0 spiro atoms. The molecule has 1 amide bonds. The van der Waals surface area contributed by atoms with Crippen molar-refractivity contribution < 1.29 is 4.79 Å². The van der Waals surface area contributed by atoms with E-state index in [2.05, 4.69) is 10.3 Å². The zero-order valence-electron chi connectivity index (χ0n) is 15.0. The van der Waals surface area contributed by atoms with E-state index in [1.165, 1.54) is 28.0 Å². The molecule has 0 saturated heterocycles. The molecule has 0 fully saturated rings. The van der Waals surface area contributed by atoms with Gasteiger partial charge in [-0.15, -0.1) is 0 Å². The summed E-state index contributed by atoms with van der Waals surface area (Å²) in [5, 5.41) is 3.96. The molecule has 4 rings (SSSR count). The van der Waals surface area contributed by atoms with Gasteiger partial charge in [0, 0.05) is 17.3 Å². The SMILES string of the molecule is Cc1cccc2sc(NC(=O)c3ccc(=O)n(Cc4cccc(Cl)c4)c3)nc12. The molecule has 7 heteroatoms. The van der Waals surface area contributed by atoms with Crippen LogP contribution in [0.15, 0.2) is 65.6 Å². The van der Waals surface area contributed by atoms with Crippen LogP contribution in [0, 0.1) is 6.92 Å². The van der Waals surface area contributed by atoms with Gasteiger partial charge in [-0.1, -0.05) is 47.2 Å². The van der Waals surface area contributed by atoms with Crippen LogP contribution in [0.25, 0.3) is 10.2 Å². The summed E-state index contributed by atoms with van der Waals surface area (Å²) < 4.78 is 2.50. The number of nitrogens with zero attached hydrogens (tertiary/aromatic N) is 2. The Morgan fingerprint density at radius 3 is 2.79 bits per heavy atom. The molecule has 2 heterocycles. The summed E-state index contributed by atoms with van der Waals surface area (Å²) in [6.45, 7) is 2.32. The van der Waals surface area contributed by atoms with Gasteiger partial charge in [-0.05, 0) is 42.3 Å². The number of aryl methyl sites for hydroxylation is 1. The Bertz CT molecular complexity index is 1250. The molecule has 0 saturated carbocycles. The highest BCUT2D eigenvalue weighted by Crippen LogP contribution is 2.28. The highest BCUT2D eigenvalue weighted by molar-refractivity contribution is 7.22. The lowest BCUT2D eigenvalue weighted by atomic mass is 10.2. The number of para-hydroxylation sites is 1. The number of anilines is 1. The number of nitrogens with one attached hydrogen (secondary N) is 1. The molecule has 2 aromatic heterocycles. The van der Waals surface area contributed by atoms with E-state index in [4.69, 9.17) is 11.6 Å². The predicted molar refractivity (Wildman–Crippen MR) is 114 cm³/mol. The third kappa shape index (κ3) is 3.83. The number of carbonyl (C=O) groups excluding carboxylic acids is 1. The number of halogens is 1. The summed E-state index contributed by atoms with van der Waals surface area (Å²) >= 11 is 7.43. The topological polar surface area (TPSA) is 64.0 Å². The number of fused-ring (bicyclic) bond motifs is 1. The predicted octanol–water partition coefficient (Wildman–Crippen LogP) is 4.72. The van der Waals surface area contributed by atoms with E-state index in [9.17, 15) is 9.59 Å². The number of rotatable bonds is 4. The van der Waals surface area contributed by atoms with Crippen molar-refractivity contribution >= 4 is 44.2 Å². The first-order chi connectivity index (χ1) is 13.5. The molecule has 140 valence electrons. The molecular weight excluding hydrogens is 394 g/mol. The van der Waals surface area contributed by atoms with Gasteiger partial charge in [0.15, 0.2) is 5.13 Å². The molecule has 1 N–H and O–H groups in total. The molecule has 0 bridgehead atoms. The van der Waals surface area contributed by atoms with Crippen LogP contribution < -0.4 is 10.9 Å². The number of carbonyl (C=O) groups is 1. The number of aromatic nitrogens is 2. The monoisotopic (exact) mass is 409 g/mol. The van der Waals surface area contributed by atoms with Gasteiger partial charge in [0.1, 0.15) is 0 Å². The van der Waals surface area contributed by atoms with Crippen molar-refractivity contribution in [2.75, 3.05) is 5.32 Å². The van der Waals surface area contributed by atoms with E-state index in [-0.39, 0.29) is 11.5 Å². The van der Waals surface area contributed by atoms with Crippen LogP contribution in [0.3, 0.4) is 0 Å². The molecule has 0 aliphatic rings. The Balaban J connectivity index is 1.58. The number of amides is 1. The highest BCUT2D eigenvalue weighted by Gasteiger charge is 2.12. The number of thiazole rings is 1. The lowest BCUT2D eigenvalue weighted by Crippen LogP contribution is -2.22. The van der Waals surface area contributed by atoms with E-state index in [0.717, 1.165) is 21.3 Å². The second kappa shape index (κ2) is 7.58. The third-order valence-corrected chi connectivity index (χ3v) is 5.50. The smallest absolute Gasteiger partial charge is 0.258 e. The molecule has 0 radical (unpaired) electrons. The second-order valence-electron chi connectivity index (χ2n) is 6.41. The normalized spacial score (nSPS) is 10.9. The van der Waals surface area contributed by atoms with Crippen LogP contribution >= 0.6 is 22.9 Å². The van der Waals surface area contributed by atoms with Crippen LogP contribution in [0.5, 0.6) is 0 Å². The second-order valence-corrected chi connectivity index (χ2v) is 7.88. The highest BCUT2D eigenvalue weighted by atomic mass is 35.5. The molecular formula is C21H16ClN3O2S. The maximum Gasteiger partial charge on any atom is 0.258 e. The Morgan fingerprint density at radius 2 is 2.00 bits per heavy atom. The van der Waals surface area contributed by atoms with Crippen molar-refractivity contribution in [3.05, 3.63) is 92.9 Å². The number of benzene rings is 2. The minimum atomic E-state index is -0.309. The van der Waals surface area contributed by atoms with Gasteiger partial charge in [-0.3, -0.25) is 14.9 Å². The van der Waals surface area contributed by atoms with Gasteiger partial charge < -0.3 is 4.57 Å². The van der Waals surface area contributed by atoms with Crippen molar-refractivity contribution in [3.63, 3.8) is 0 Å². The largest absolute Gasteiger partial charge is 0.310 e. The number of pyridine rings is 1. The van der Waals surface area contributed by atoms with Gasteiger partial charge >= 0.3 is 0 Å². The van der Waals surface area contributed by atoms with Crippen LogP contribution in [0.4, 0.5) is 5.13 Å². The summed E-state index contributed by atoms with van der Waals surface area (Å²) in [5.41, 5.74) is 3.02. The lowest BCUT2D eigenvalue weighted by Gasteiger charge is -2.08. The summed E-state index contributed by atoms with van der Waals surface area (Å²) in [6, 6.07) is 16.1. The van der Waals surface area contributed by atoms with E-state index in [1.54, 1.807) is 18.3 Å². The van der Waals surface area contributed by atoms with E-state index in [0.29, 0.717) is 22.3 Å². The van der Waals surface area contributed by atoms with Crippen molar-refractivity contribution in [2.24, 2.45) is 0 Å². The van der Waals surface area contributed by atoms with Gasteiger partial charge in [-0.25, -0.2) is 4.98 Å². The van der Waals surface area contributed by atoms with Crippen LogP contribution in [-0.2, 0) is 6.54 Å². The first-order valence-corrected chi connectivity index (χ1v) is 9.81. The zero-order chi connectivity index (χ0) is 19.7. The van der Waals surface area contributed by atoms with Crippen molar-refractivity contribution in [3.8, 4) is 0 Å². The van der Waals surface area contributed by atoms with Crippen LogP contribution in [0.2, 0.25) is 5.02 Å². The molecule has 0 aliphatic carbocycles. The maximum absolute atomic E-state index is 12.7. The van der Waals surface area contributed by atoms with Crippen molar-refractivity contribution in [1.82, 2.24) is 9.55 Å². The summed E-state index contributed by atoms with van der Waals surface area (Å²) in [7, 11) is 0. The van der Waals surface area contributed by atoms with Crippen LogP contribution in [0.1, 0.15) is 21.5 Å². The zero-order valence-corrected chi connectivity index (χ0v) is 16.6. The Hall–Kier alpha value is -2.96. The first kappa shape index (κ1) is 18.4. The lowest BCUT2D eigenvalue weighted by molar-refractivity contribution is 0.102. The van der Waals surface area contributed by atoms with Crippen LogP contribution in [-0.4, -0.2) is 15.5 Å². The van der Waals surface area contributed by atoms with E-state index < -0.39 is 0 Å². The Kier molecular flexibility index (Phi) is 4.98. The van der Waals surface area contributed by atoms with Gasteiger partial charge in [0.25, 0.3) is 11.5 Å². The molecule has 2 aromatic carbocycles. The van der Waals surface area contributed by atoms with E-state index >= 15 is 0 Å². The molecule has 0 aliphatic heterocycles. The minimum Gasteiger partial charge on any atom is -0.310 e. The fourth-order valence-electron chi connectivity index (χ4n) is 2.93. The standard InChI is InChI=1S/C21H16ClN3O2S/c1-13-4-2-7-17-19(13)23-21(28-17)24-20(27)15-8-9-18(26)25(12-15)11-14-5-3-6-16(22)10-14/h2-10,12H,11H2,1H3,(H,23,24,27). The summed E-state index contributed by atoms with van der Waals surface area (Å²) in [6.07, 6.45) is 1.55. The van der Waals surface area contributed by atoms with Gasteiger partial charge in [0.2, 0.25) is 0 Å². The minimum absolute atomic E-state index is 0.188.